The van der Waals surface area contributed by atoms with Crippen LogP contribution in [-0.4, -0.2) is 59.7 Å². The molecule has 0 saturated carbocycles. The van der Waals surface area contributed by atoms with Crippen LogP contribution >= 0.6 is 0 Å². The number of hydrogen-bond acceptors (Lipinski definition) is 7. The Hall–Kier alpha value is -4.75. The number of rotatable bonds is 8. The Morgan fingerprint density at radius 2 is 1.54 bits per heavy atom. The van der Waals surface area contributed by atoms with Gasteiger partial charge in [0.05, 0.1) is 22.5 Å². The van der Waals surface area contributed by atoms with Crippen molar-refractivity contribution >= 4 is 21.7 Å². The molecule has 280 valence electrons. The minimum atomic E-state index is -4.98. The monoisotopic (exact) mass is 764 g/mol. The van der Waals surface area contributed by atoms with Crippen LogP contribution in [0.15, 0.2) is 90.0 Å². The third-order valence-electron chi connectivity index (χ3n) is 7.77. The molecule has 0 radical (unpaired) electrons. The fraction of sp³-hybridized carbons (Fsp3) is 0.303. The Labute approximate surface area is 291 Å². The number of aromatic nitrogens is 2. The van der Waals surface area contributed by atoms with Crippen molar-refractivity contribution in [2.45, 2.75) is 55.5 Å². The summed E-state index contributed by atoms with van der Waals surface area (Å²) in [5, 5.41) is 0. The largest absolute Gasteiger partial charge is 0.573 e. The second kappa shape index (κ2) is 15.5. The summed E-state index contributed by atoms with van der Waals surface area (Å²) in [6, 6.07) is 14.1. The van der Waals surface area contributed by atoms with Crippen LogP contribution in [-0.2, 0) is 33.7 Å². The molecule has 0 unspecified atom stereocenters. The molecule has 1 aliphatic heterocycles. The fourth-order valence-corrected chi connectivity index (χ4v) is 5.73. The van der Waals surface area contributed by atoms with Crippen molar-refractivity contribution in [3.63, 3.8) is 0 Å². The first-order chi connectivity index (χ1) is 24.0. The van der Waals surface area contributed by atoms with Crippen molar-refractivity contribution in [3.8, 4) is 5.75 Å². The van der Waals surface area contributed by atoms with Crippen LogP contribution in [0, 0.1) is 6.92 Å². The highest BCUT2D eigenvalue weighted by molar-refractivity contribution is 7.85. The van der Waals surface area contributed by atoms with Gasteiger partial charge in [0.2, 0.25) is 11.7 Å². The molecule has 2 atom stereocenters. The van der Waals surface area contributed by atoms with Gasteiger partial charge in [-0.25, -0.2) is 9.97 Å². The van der Waals surface area contributed by atoms with Crippen LogP contribution in [0.3, 0.4) is 0 Å². The Balaban J connectivity index is 0.000000470. The van der Waals surface area contributed by atoms with E-state index in [1.165, 1.54) is 42.3 Å². The van der Waals surface area contributed by atoms with E-state index in [-0.39, 0.29) is 41.2 Å². The first-order valence-electron chi connectivity index (χ1n) is 15.0. The first-order valence-corrected chi connectivity index (χ1v) is 16.5. The molecule has 1 aliphatic rings. The third kappa shape index (κ3) is 10.6. The van der Waals surface area contributed by atoms with Crippen LogP contribution in [0.1, 0.15) is 40.7 Å². The number of likely N-dealkylation sites (N-methyl/N-ethyl adjacent to an activating group) is 1. The number of halogens is 9. The minimum Gasteiger partial charge on any atom is -0.406 e. The highest BCUT2D eigenvalue weighted by Gasteiger charge is 2.44. The Morgan fingerprint density at radius 3 is 2.10 bits per heavy atom. The maximum Gasteiger partial charge on any atom is 0.573 e. The van der Waals surface area contributed by atoms with Gasteiger partial charge >= 0.3 is 18.7 Å². The molecule has 1 aromatic heterocycles. The van der Waals surface area contributed by atoms with Crippen LogP contribution in [0.5, 0.6) is 5.75 Å². The number of carbonyl (C=O) groups is 1. The smallest absolute Gasteiger partial charge is 0.406 e. The van der Waals surface area contributed by atoms with Crippen molar-refractivity contribution in [2.24, 2.45) is 0 Å². The lowest BCUT2D eigenvalue weighted by Gasteiger charge is -2.26. The summed E-state index contributed by atoms with van der Waals surface area (Å²) in [6.45, 7) is 1.91. The molecule has 0 bridgehead atoms. The minimum absolute atomic E-state index is 0.00569. The fourth-order valence-electron chi connectivity index (χ4n) is 5.25. The second-order valence-corrected chi connectivity index (χ2v) is 13.0. The van der Waals surface area contributed by atoms with E-state index in [0.717, 1.165) is 48.2 Å². The van der Waals surface area contributed by atoms with Gasteiger partial charge < -0.3 is 9.64 Å². The molecule has 1 saturated heterocycles. The summed E-state index contributed by atoms with van der Waals surface area (Å²) in [6.07, 6.45) is -13.4. The van der Waals surface area contributed by atoms with Gasteiger partial charge in [-0.1, -0.05) is 29.8 Å². The molecule has 0 spiro atoms. The number of benzene rings is 3. The van der Waals surface area contributed by atoms with E-state index in [2.05, 4.69) is 14.7 Å². The predicted octanol–water partition coefficient (Wildman–Crippen LogP) is 7.68. The molecule has 1 fully saturated rings. The number of aryl methyl sites for hydroxylation is 1. The number of alkyl halides is 9. The van der Waals surface area contributed by atoms with Gasteiger partial charge in [0.15, 0.2) is 0 Å². The van der Waals surface area contributed by atoms with Crippen molar-refractivity contribution in [2.75, 3.05) is 18.5 Å². The zero-order chi connectivity index (χ0) is 38.6. The highest BCUT2D eigenvalue weighted by Crippen LogP contribution is 2.41. The van der Waals surface area contributed by atoms with Gasteiger partial charge in [0.25, 0.3) is 10.1 Å². The van der Waals surface area contributed by atoms with Crippen molar-refractivity contribution < 1.29 is 62.0 Å². The lowest BCUT2D eigenvalue weighted by molar-refractivity contribution is -0.274. The van der Waals surface area contributed by atoms with Crippen LogP contribution in [0.25, 0.3) is 0 Å². The first kappa shape index (κ1) is 40.0. The lowest BCUT2D eigenvalue weighted by Crippen LogP contribution is -2.40. The molecular formula is C33H29F9N4O5S. The van der Waals surface area contributed by atoms with Gasteiger partial charge in [-0.05, 0) is 80.6 Å². The molecular weight excluding hydrogens is 735 g/mol. The maximum atomic E-state index is 13.6. The second-order valence-electron chi connectivity index (χ2n) is 11.5. The normalized spacial score (nSPS) is 16.9. The molecule has 4 aromatic rings. The summed E-state index contributed by atoms with van der Waals surface area (Å²) in [5.41, 5.74) is 0.384. The van der Waals surface area contributed by atoms with E-state index in [9.17, 15) is 52.7 Å². The summed E-state index contributed by atoms with van der Waals surface area (Å²) < 4.78 is 150. The molecule has 1 N–H and O–H groups in total. The van der Waals surface area contributed by atoms with Crippen LogP contribution in [0.4, 0.5) is 45.2 Å². The predicted molar refractivity (Wildman–Crippen MR) is 168 cm³/mol. The SMILES string of the molecule is CN(CCc1ccnc(C(F)(F)F)n1)[C@@H]1C[C@H](c2cccc(OC(F)(F)F)c2)N(c2ccc(C(F)(F)F)cc2)C1=O.Cc1ccc(S(=O)(=O)O)cc1. The standard InChI is InChI=1S/C26H21F9N4O2.C7H8O3S/c1-38(12-10-17-9-11-36-23(37-17)25(30,31)32)21-14-20(15-3-2-4-19(13-15)41-26(33,34)35)39(22(21)40)18-7-5-16(6-8-18)24(27,28)29;1-6-2-4-7(5-3-6)11(8,9)10/h2-9,11,13,20-21H,10,12,14H2,1H3;2-5H,1H3,(H,8,9,10)/t20-,21-;/m1./s1. The zero-order valence-corrected chi connectivity index (χ0v) is 27.9. The molecule has 9 nitrogen and oxygen atoms in total. The number of carbonyl (C=O) groups excluding carboxylic acids is 1. The van der Waals surface area contributed by atoms with Gasteiger partial charge in [-0.2, -0.15) is 34.8 Å². The molecule has 5 rings (SSSR count). The molecule has 2 heterocycles. The number of nitrogens with zero attached hydrogens (tertiary/aromatic N) is 4. The number of amides is 1. The van der Waals surface area contributed by atoms with E-state index in [0.29, 0.717) is 0 Å². The van der Waals surface area contributed by atoms with Crippen LogP contribution < -0.4 is 9.64 Å². The third-order valence-corrected chi connectivity index (χ3v) is 8.64. The molecule has 19 heteroatoms. The maximum absolute atomic E-state index is 13.6. The lowest BCUT2D eigenvalue weighted by atomic mass is 10.0. The van der Waals surface area contributed by atoms with Gasteiger partial charge in [-0.3, -0.25) is 14.2 Å². The van der Waals surface area contributed by atoms with E-state index in [1.54, 1.807) is 17.0 Å². The highest BCUT2D eigenvalue weighted by atomic mass is 32.2. The van der Waals surface area contributed by atoms with E-state index < -0.39 is 64.0 Å². The Kier molecular flexibility index (Phi) is 11.9. The molecule has 3 aromatic carbocycles. The van der Waals surface area contributed by atoms with Crippen molar-refractivity contribution in [3.05, 3.63) is 113 Å². The summed E-state index contributed by atoms with van der Waals surface area (Å²) >= 11 is 0. The quantitative estimate of drug-likeness (QED) is 0.144. The van der Waals surface area contributed by atoms with Gasteiger partial charge in [-0.15, -0.1) is 13.2 Å². The molecule has 1 amide bonds. The van der Waals surface area contributed by atoms with Crippen molar-refractivity contribution in [1.29, 1.82) is 0 Å². The zero-order valence-electron chi connectivity index (χ0n) is 27.0. The molecule has 52 heavy (non-hydrogen) atoms. The summed E-state index contributed by atoms with van der Waals surface area (Å²) in [7, 11) is -2.49. The topological polar surface area (TPSA) is 113 Å². The number of anilines is 1. The summed E-state index contributed by atoms with van der Waals surface area (Å²) in [4.78, 5) is 23.0. The number of hydrogen-bond donors (Lipinski definition) is 1. The molecule has 0 aliphatic carbocycles. The number of ether oxygens (including phenoxy) is 1. The van der Waals surface area contributed by atoms with E-state index >= 15 is 0 Å². The summed E-state index contributed by atoms with van der Waals surface area (Å²) in [5.74, 6) is -2.42. The Bertz CT molecular complexity index is 1950. The van der Waals surface area contributed by atoms with Crippen LogP contribution in [0.2, 0.25) is 0 Å². The van der Waals surface area contributed by atoms with E-state index in [1.807, 2.05) is 6.92 Å². The Morgan fingerprint density at radius 1 is 0.904 bits per heavy atom. The van der Waals surface area contributed by atoms with Gasteiger partial charge in [0.1, 0.15) is 5.75 Å². The average Bonchev–Trinajstić information content (AvgIpc) is 3.39. The van der Waals surface area contributed by atoms with Gasteiger partial charge in [0, 0.05) is 30.5 Å². The van der Waals surface area contributed by atoms with Crippen molar-refractivity contribution in [1.82, 2.24) is 14.9 Å². The average molecular weight is 765 g/mol. The van der Waals surface area contributed by atoms with E-state index in [4.69, 9.17) is 4.55 Å².